The Morgan fingerprint density at radius 3 is 1.50 bits per heavy atom. The number of hydrogen-bond acceptors (Lipinski definition) is 4. The highest BCUT2D eigenvalue weighted by molar-refractivity contribution is 6.07. The van der Waals surface area contributed by atoms with Crippen molar-refractivity contribution in [2.75, 3.05) is 16.0 Å². The quantitative estimate of drug-likeness (QED) is 0.551. The third-order valence-electron chi connectivity index (χ3n) is 4.20. The van der Waals surface area contributed by atoms with Gasteiger partial charge in [0.1, 0.15) is 5.75 Å². The Balaban J connectivity index is 2.36. The van der Waals surface area contributed by atoms with E-state index in [2.05, 4.69) is 16.0 Å². The maximum absolute atomic E-state index is 12.8. The summed E-state index contributed by atoms with van der Waals surface area (Å²) in [7, 11) is 0. The summed E-state index contributed by atoms with van der Waals surface area (Å²) < 4.78 is 0. The molecule has 2 aromatic rings. The molecule has 0 atom stereocenters. The van der Waals surface area contributed by atoms with Gasteiger partial charge in [-0.2, -0.15) is 0 Å². The lowest BCUT2D eigenvalue weighted by molar-refractivity contribution is -0.123. The van der Waals surface area contributed by atoms with Crippen molar-refractivity contribution in [2.45, 2.75) is 41.5 Å². The molecule has 0 bridgehead atoms. The molecule has 2 aromatic carbocycles. The molecule has 7 nitrogen and oxygen atoms in total. The normalized spacial score (nSPS) is 11.5. The summed E-state index contributed by atoms with van der Waals surface area (Å²) in [6.45, 7) is 10.7. The highest BCUT2D eigenvalue weighted by Gasteiger charge is 2.24. The van der Waals surface area contributed by atoms with Crippen LogP contribution >= 0.6 is 0 Å². The predicted octanol–water partition coefficient (Wildman–Crippen LogP) is 4.61. The lowest BCUT2D eigenvalue weighted by atomic mass is 9.95. The van der Waals surface area contributed by atoms with Crippen LogP contribution in [0.2, 0.25) is 0 Å². The van der Waals surface area contributed by atoms with Crippen LogP contribution in [-0.4, -0.2) is 22.8 Å². The average Bonchev–Trinajstić information content (AvgIpc) is 2.61. The Kier molecular flexibility index (Phi) is 6.55. The summed E-state index contributed by atoms with van der Waals surface area (Å²) in [5.41, 5.74) is 0.314. The third kappa shape index (κ3) is 6.34. The summed E-state index contributed by atoms with van der Waals surface area (Å²) >= 11 is 0. The number of anilines is 3. The molecule has 160 valence electrons. The average molecular weight is 412 g/mol. The minimum atomic E-state index is -0.626. The van der Waals surface area contributed by atoms with E-state index in [1.54, 1.807) is 71.9 Å². The fraction of sp³-hybridized carbons (Fsp3) is 0.348. The number of nitrogens with one attached hydrogen (secondary N) is 3. The highest BCUT2D eigenvalue weighted by Crippen LogP contribution is 2.25. The maximum Gasteiger partial charge on any atom is 0.255 e. The Morgan fingerprint density at radius 1 is 0.667 bits per heavy atom. The van der Waals surface area contributed by atoms with E-state index in [0.29, 0.717) is 17.1 Å². The van der Waals surface area contributed by atoms with E-state index in [1.807, 2.05) is 0 Å². The zero-order valence-electron chi connectivity index (χ0n) is 18.2. The minimum Gasteiger partial charge on any atom is -0.508 e. The smallest absolute Gasteiger partial charge is 0.255 e. The van der Waals surface area contributed by atoms with E-state index in [0.717, 1.165) is 0 Å². The first-order chi connectivity index (χ1) is 13.8. The van der Waals surface area contributed by atoms with Crippen LogP contribution in [0.3, 0.4) is 0 Å². The molecule has 0 heterocycles. The van der Waals surface area contributed by atoms with Gasteiger partial charge in [0.15, 0.2) is 0 Å². The largest absolute Gasteiger partial charge is 0.508 e. The van der Waals surface area contributed by atoms with Crippen LogP contribution < -0.4 is 16.0 Å². The van der Waals surface area contributed by atoms with Gasteiger partial charge in [0.25, 0.3) is 5.91 Å². The van der Waals surface area contributed by atoms with Crippen LogP contribution in [0.1, 0.15) is 51.9 Å². The van der Waals surface area contributed by atoms with Crippen molar-refractivity contribution in [3.63, 3.8) is 0 Å². The molecule has 4 N–H and O–H groups in total. The summed E-state index contributed by atoms with van der Waals surface area (Å²) in [4.78, 5) is 37.6. The van der Waals surface area contributed by atoms with Crippen LogP contribution in [-0.2, 0) is 9.59 Å². The summed E-state index contributed by atoms with van der Waals surface area (Å²) in [6, 6.07) is 10.8. The number of phenols is 1. The Bertz CT molecular complexity index is 906. The zero-order chi connectivity index (χ0) is 22.7. The molecule has 0 fully saturated rings. The minimum absolute atomic E-state index is 0.0899. The van der Waals surface area contributed by atoms with Crippen molar-refractivity contribution in [3.8, 4) is 5.75 Å². The molecule has 0 saturated heterocycles. The molecule has 30 heavy (non-hydrogen) atoms. The predicted molar refractivity (Wildman–Crippen MR) is 119 cm³/mol. The molecule has 7 heteroatoms. The second-order valence-electron chi connectivity index (χ2n) is 9.21. The van der Waals surface area contributed by atoms with Gasteiger partial charge in [-0.25, -0.2) is 0 Å². The SMILES string of the molecule is CC(C)(C)C(=O)Nc1cc(NC(=O)C(C)(C)C)cc(C(=O)Nc2ccc(O)cc2)c1. The van der Waals surface area contributed by atoms with E-state index in [-0.39, 0.29) is 23.1 Å². The van der Waals surface area contributed by atoms with Gasteiger partial charge in [-0.3, -0.25) is 14.4 Å². The molecule has 0 radical (unpaired) electrons. The second kappa shape index (κ2) is 8.57. The Morgan fingerprint density at radius 2 is 1.10 bits per heavy atom. The number of rotatable bonds is 4. The van der Waals surface area contributed by atoms with Gasteiger partial charge in [-0.1, -0.05) is 41.5 Å². The van der Waals surface area contributed by atoms with Gasteiger partial charge in [0.05, 0.1) is 0 Å². The molecular weight excluding hydrogens is 382 g/mol. The summed E-state index contributed by atoms with van der Waals surface area (Å²) in [5, 5.41) is 17.7. The molecule has 0 aromatic heterocycles. The van der Waals surface area contributed by atoms with Gasteiger partial charge < -0.3 is 21.1 Å². The van der Waals surface area contributed by atoms with Crippen LogP contribution in [0.5, 0.6) is 5.75 Å². The lowest BCUT2D eigenvalue weighted by Gasteiger charge is -2.20. The van der Waals surface area contributed by atoms with Crippen molar-refractivity contribution < 1.29 is 19.5 Å². The molecule has 0 aliphatic carbocycles. The van der Waals surface area contributed by atoms with Crippen molar-refractivity contribution in [3.05, 3.63) is 48.0 Å². The van der Waals surface area contributed by atoms with E-state index in [9.17, 15) is 19.5 Å². The van der Waals surface area contributed by atoms with Crippen molar-refractivity contribution in [1.82, 2.24) is 0 Å². The zero-order valence-corrected chi connectivity index (χ0v) is 18.2. The fourth-order valence-corrected chi connectivity index (χ4v) is 2.29. The molecule has 0 saturated carbocycles. The fourth-order valence-electron chi connectivity index (χ4n) is 2.29. The number of carbonyl (C=O) groups excluding carboxylic acids is 3. The van der Waals surface area contributed by atoms with Crippen molar-refractivity contribution in [1.29, 1.82) is 0 Å². The Hall–Kier alpha value is -3.35. The van der Waals surface area contributed by atoms with E-state index in [4.69, 9.17) is 0 Å². The number of hydrogen-bond donors (Lipinski definition) is 4. The Labute approximate surface area is 176 Å². The first-order valence-corrected chi connectivity index (χ1v) is 9.64. The standard InChI is InChI=1S/C23H29N3O4/c1-22(2,3)20(29)25-16-11-14(12-17(13-16)26-21(30)23(4,5)6)19(28)24-15-7-9-18(27)10-8-15/h7-13,27H,1-6H3,(H,24,28)(H,25,29)(H,26,30). The maximum atomic E-state index is 12.8. The lowest BCUT2D eigenvalue weighted by Crippen LogP contribution is -2.29. The molecule has 3 amide bonds. The van der Waals surface area contributed by atoms with Gasteiger partial charge >= 0.3 is 0 Å². The molecular formula is C23H29N3O4. The first kappa shape index (κ1) is 22.9. The highest BCUT2D eigenvalue weighted by atomic mass is 16.3. The van der Waals surface area contributed by atoms with E-state index < -0.39 is 16.7 Å². The molecule has 0 spiro atoms. The van der Waals surface area contributed by atoms with Gasteiger partial charge in [-0.15, -0.1) is 0 Å². The van der Waals surface area contributed by atoms with Crippen molar-refractivity contribution in [2.24, 2.45) is 10.8 Å². The molecule has 0 aliphatic rings. The monoisotopic (exact) mass is 411 g/mol. The number of amides is 3. The summed E-state index contributed by atoms with van der Waals surface area (Å²) in [6.07, 6.45) is 0. The van der Waals surface area contributed by atoms with Gasteiger partial charge in [0, 0.05) is 33.5 Å². The van der Waals surface area contributed by atoms with E-state index >= 15 is 0 Å². The van der Waals surface area contributed by atoms with Gasteiger partial charge in [0.2, 0.25) is 11.8 Å². The van der Waals surface area contributed by atoms with Crippen LogP contribution in [0.4, 0.5) is 17.1 Å². The molecule has 0 aliphatic heterocycles. The van der Waals surface area contributed by atoms with Crippen molar-refractivity contribution >= 4 is 34.8 Å². The first-order valence-electron chi connectivity index (χ1n) is 9.64. The van der Waals surface area contributed by atoms with Crippen LogP contribution in [0, 0.1) is 10.8 Å². The number of carbonyl (C=O) groups is 3. The summed E-state index contributed by atoms with van der Waals surface area (Å²) in [5.74, 6) is -0.760. The second-order valence-corrected chi connectivity index (χ2v) is 9.21. The number of aromatic hydroxyl groups is 1. The third-order valence-corrected chi connectivity index (χ3v) is 4.20. The molecule has 2 rings (SSSR count). The molecule has 0 unspecified atom stereocenters. The van der Waals surface area contributed by atoms with Gasteiger partial charge in [-0.05, 0) is 42.5 Å². The van der Waals surface area contributed by atoms with E-state index in [1.165, 1.54) is 12.1 Å². The van der Waals surface area contributed by atoms with Crippen LogP contribution in [0.15, 0.2) is 42.5 Å². The number of benzene rings is 2. The van der Waals surface area contributed by atoms with Crippen LogP contribution in [0.25, 0.3) is 0 Å². The topological polar surface area (TPSA) is 108 Å². The number of phenolic OH excluding ortho intramolecular Hbond substituents is 1.